The van der Waals surface area contributed by atoms with Crippen molar-refractivity contribution in [1.82, 2.24) is 0 Å². The average molecular weight is 318 g/mol. The number of hydrogen-bond acceptors (Lipinski definition) is 3. The minimum absolute atomic E-state index is 0.210. The Morgan fingerprint density at radius 3 is 2.61 bits per heavy atom. The summed E-state index contributed by atoms with van der Waals surface area (Å²) >= 11 is 0. The van der Waals surface area contributed by atoms with Crippen molar-refractivity contribution in [1.29, 1.82) is 0 Å². The maximum atomic E-state index is 13.5. The zero-order valence-electron chi connectivity index (χ0n) is 13.1. The number of halogens is 1. The van der Waals surface area contributed by atoms with Crippen LogP contribution in [0.25, 0.3) is 0 Å². The van der Waals surface area contributed by atoms with Gasteiger partial charge in [0.05, 0.1) is 19.6 Å². The molecule has 2 rings (SSSR count). The molecule has 0 bridgehead atoms. The second kappa shape index (κ2) is 7.63. The van der Waals surface area contributed by atoms with Gasteiger partial charge in [0.15, 0.2) is 0 Å². The van der Waals surface area contributed by atoms with Gasteiger partial charge in [0.25, 0.3) is 0 Å². The van der Waals surface area contributed by atoms with Crippen LogP contribution in [0.2, 0.25) is 0 Å². The molecular weight excluding hydrogens is 299 g/mol. The Labute approximate surface area is 134 Å². The molecule has 0 aliphatic heterocycles. The van der Waals surface area contributed by atoms with E-state index in [-0.39, 0.29) is 13.0 Å². The Morgan fingerprint density at radius 2 is 1.96 bits per heavy atom. The number of carboxylic acid groups (broad SMARTS) is 1. The van der Waals surface area contributed by atoms with Crippen molar-refractivity contribution < 1.29 is 23.8 Å². The first-order valence-corrected chi connectivity index (χ1v) is 7.27. The van der Waals surface area contributed by atoms with Gasteiger partial charge in [-0.1, -0.05) is 18.2 Å². The molecule has 5 heteroatoms. The molecule has 0 aromatic heterocycles. The van der Waals surface area contributed by atoms with Gasteiger partial charge in [0.2, 0.25) is 0 Å². The molecule has 0 radical (unpaired) electrons. The molecule has 1 atom stereocenters. The zero-order valence-corrected chi connectivity index (χ0v) is 13.1. The summed E-state index contributed by atoms with van der Waals surface area (Å²) in [5.74, 6) is -1.36. The molecule has 0 saturated carbocycles. The maximum Gasteiger partial charge on any atom is 0.311 e. The standard InChI is InChI=1S/C18H19FO4/c1-12-5-3-4-6-16(12)23-10-9-14(18(20)21)15-11-13(19)7-8-17(15)22-2/h3-8,11,14H,9-10H2,1-2H3,(H,20,21). The van der Waals surface area contributed by atoms with Crippen LogP contribution in [-0.4, -0.2) is 24.8 Å². The van der Waals surface area contributed by atoms with Crippen LogP contribution >= 0.6 is 0 Å². The summed E-state index contributed by atoms with van der Waals surface area (Å²) in [6.07, 6.45) is 0.212. The second-order valence-electron chi connectivity index (χ2n) is 5.18. The molecule has 0 aliphatic rings. The van der Waals surface area contributed by atoms with Crippen LogP contribution in [0, 0.1) is 12.7 Å². The smallest absolute Gasteiger partial charge is 0.311 e. The Balaban J connectivity index is 2.12. The molecule has 2 aromatic rings. The molecule has 0 aliphatic carbocycles. The normalized spacial score (nSPS) is 11.8. The van der Waals surface area contributed by atoms with E-state index in [2.05, 4.69) is 0 Å². The monoisotopic (exact) mass is 318 g/mol. The van der Waals surface area contributed by atoms with E-state index in [9.17, 15) is 14.3 Å². The largest absolute Gasteiger partial charge is 0.496 e. The van der Waals surface area contributed by atoms with Crippen molar-refractivity contribution in [2.75, 3.05) is 13.7 Å². The van der Waals surface area contributed by atoms with E-state index < -0.39 is 17.7 Å². The molecule has 0 saturated heterocycles. The van der Waals surface area contributed by atoms with Crippen LogP contribution in [0.4, 0.5) is 4.39 Å². The third-order valence-electron chi connectivity index (χ3n) is 3.62. The molecular formula is C18H19FO4. The zero-order chi connectivity index (χ0) is 16.8. The number of carboxylic acids is 1. The van der Waals surface area contributed by atoms with Gasteiger partial charge in [0.1, 0.15) is 17.3 Å². The lowest BCUT2D eigenvalue weighted by Crippen LogP contribution is -2.16. The van der Waals surface area contributed by atoms with E-state index >= 15 is 0 Å². The summed E-state index contributed by atoms with van der Waals surface area (Å²) in [5.41, 5.74) is 1.29. The minimum atomic E-state index is -1.04. The first-order chi connectivity index (χ1) is 11.0. The summed E-state index contributed by atoms with van der Waals surface area (Å²) in [7, 11) is 1.43. The molecule has 23 heavy (non-hydrogen) atoms. The fourth-order valence-electron chi connectivity index (χ4n) is 2.39. The van der Waals surface area contributed by atoms with Crippen molar-refractivity contribution >= 4 is 5.97 Å². The Morgan fingerprint density at radius 1 is 1.22 bits per heavy atom. The van der Waals surface area contributed by atoms with Crippen LogP contribution < -0.4 is 9.47 Å². The van der Waals surface area contributed by atoms with E-state index in [0.717, 1.165) is 5.56 Å². The summed E-state index contributed by atoms with van der Waals surface area (Å²) < 4.78 is 24.3. The van der Waals surface area contributed by atoms with Crippen molar-refractivity contribution in [2.45, 2.75) is 19.3 Å². The van der Waals surface area contributed by atoms with E-state index in [1.54, 1.807) is 0 Å². The van der Waals surface area contributed by atoms with Crippen LogP contribution in [0.1, 0.15) is 23.5 Å². The average Bonchev–Trinajstić information content (AvgIpc) is 2.53. The van der Waals surface area contributed by atoms with Gasteiger partial charge in [0, 0.05) is 5.56 Å². The molecule has 1 N–H and O–H groups in total. The van der Waals surface area contributed by atoms with Crippen molar-refractivity contribution in [3.8, 4) is 11.5 Å². The molecule has 4 nitrogen and oxygen atoms in total. The van der Waals surface area contributed by atoms with Gasteiger partial charge in [-0.2, -0.15) is 0 Å². The molecule has 0 fully saturated rings. The first-order valence-electron chi connectivity index (χ1n) is 7.27. The van der Waals surface area contributed by atoms with Crippen molar-refractivity contribution in [2.24, 2.45) is 0 Å². The quantitative estimate of drug-likeness (QED) is 0.844. The predicted octanol–water partition coefficient (Wildman–Crippen LogP) is 3.78. The predicted molar refractivity (Wildman–Crippen MR) is 84.6 cm³/mol. The number of aryl methyl sites for hydroxylation is 1. The van der Waals surface area contributed by atoms with Gasteiger partial charge in [-0.3, -0.25) is 4.79 Å². The number of hydrogen-bond donors (Lipinski definition) is 1. The fourth-order valence-corrected chi connectivity index (χ4v) is 2.39. The molecule has 2 aromatic carbocycles. The number of carbonyl (C=O) groups is 1. The Kier molecular flexibility index (Phi) is 5.57. The minimum Gasteiger partial charge on any atom is -0.496 e. The Hall–Kier alpha value is -2.56. The van der Waals surface area contributed by atoms with Gasteiger partial charge in [-0.25, -0.2) is 4.39 Å². The number of rotatable bonds is 7. The summed E-state index contributed by atoms with van der Waals surface area (Å²) in [5, 5.41) is 9.46. The van der Waals surface area contributed by atoms with Crippen molar-refractivity contribution in [3.63, 3.8) is 0 Å². The lowest BCUT2D eigenvalue weighted by atomic mass is 9.95. The highest BCUT2D eigenvalue weighted by Crippen LogP contribution is 2.30. The highest BCUT2D eigenvalue weighted by atomic mass is 19.1. The van der Waals surface area contributed by atoms with Crippen LogP contribution in [0.3, 0.4) is 0 Å². The van der Waals surface area contributed by atoms with Gasteiger partial charge < -0.3 is 14.6 Å². The highest BCUT2D eigenvalue weighted by molar-refractivity contribution is 5.77. The van der Waals surface area contributed by atoms with Crippen LogP contribution in [0.15, 0.2) is 42.5 Å². The van der Waals surface area contributed by atoms with Crippen LogP contribution in [0.5, 0.6) is 11.5 Å². The SMILES string of the molecule is COc1ccc(F)cc1C(CCOc1ccccc1C)C(=O)O. The fraction of sp³-hybridized carbons (Fsp3) is 0.278. The van der Waals surface area contributed by atoms with Gasteiger partial charge in [-0.05, 0) is 43.2 Å². The number of aliphatic carboxylic acids is 1. The molecule has 0 spiro atoms. The lowest BCUT2D eigenvalue weighted by molar-refractivity contribution is -0.139. The third kappa shape index (κ3) is 4.22. The lowest BCUT2D eigenvalue weighted by Gasteiger charge is -2.17. The highest BCUT2D eigenvalue weighted by Gasteiger charge is 2.24. The van der Waals surface area contributed by atoms with Crippen molar-refractivity contribution in [3.05, 3.63) is 59.4 Å². The maximum absolute atomic E-state index is 13.5. The summed E-state index contributed by atoms with van der Waals surface area (Å²) in [4.78, 5) is 11.6. The second-order valence-corrected chi connectivity index (χ2v) is 5.18. The number of ether oxygens (including phenoxy) is 2. The van der Waals surface area contributed by atoms with E-state index in [1.165, 1.54) is 25.3 Å². The van der Waals surface area contributed by atoms with Gasteiger partial charge >= 0.3 is 5.97 Å². The number of benzene rings is 2. The molecule has 0 heterocycles. The summed E-state index contributed by atoms with van der Waals surface area (Å²) in [6, 6.07) is 11.4. The van der Waals surface area contributed by atoms with E-state index in [0.29, 0.717) is 17.1 Å². The summed E-state index contributed by atoms with van der Waals surface area (Å²) in [6.45, 7) is 2.13. The van der Waals surface area contributed by atoms with E-state index in [4.69, 9.17) is 9.47 Å². The molecule has 1 unspecified atom stereocenters. The Bertz CT molecular complexity index is 684. The number of para-hydroxylation sites is 1. The van der Waals surface area contributed by atoms with Gasteiger partial charge in [-0.15, -0.1) is 0 Å². The van der Waals surface area contributed by atoms with Crippen LogP contribution in [-0.2, 0) is 4.79 Å². The molecule has 122 valence electrons. The topological polar surface area (TPSA) is 55.8 Å². The molecule has 0 amide bonds. The van der Waals surface area contributed by atoms with E-state index in [1.807, 2.05) is 31.2 Å². The first kappa shape index (κ1) is 16.8. The number of methoxy groups -OCH3 is 1. The third-order valence-corrected chi connectivity index (χ3v) is 3.62.